The minimum atomic E-state index is -0.170. The lowest BCUT2D eigenvalue weighted by molar-refractivity contribution is -0.128. The van der Waals surface area contributed by atoms with E-state index in [0.29, 0.717) is 32.1 Å². The van der Waals surface area contributed by atoms with Gasteiger partial charge in [-0.2, -0.15) is 5.26 Å². The summed E-state index contributed by atoms with van der Waals surface area (Å²) in [7, 11) is 0. The molecule has 1 unspecified atom stereocenters. The van der Waals surface area contributed by atoms with Crippen LogP contribution in [0.1, 0.15) is 41.3 Å². The van der Waals surface area contributed by atoms with Crippen molar-refractivity contribution < 1.29 is 4.79 Å². The van der Waals surface area contributed by atoms with E-state index in [1.54, 1.807) is 16.7 Å². The Bertz CT molecular complexity index is 1130. The van der Waals surface area contributed by atoms with E-state index < -0.39 is 0 Å². The number of fused-ring (bicyclic) bond motifs is 2. The van der Waals surface area contributed by atoms with E-state index in [1.165, 1.54) is 22.8 Å². The van der Waals surface area contributed by atoms with Gasteiger partial charge in [-0.05, 0) is 36.3 Å². The Morgan fingerprint density at radius 3 is 2.94 bits per heavy atom. The predicted molar refractivity (Wildman–Crippen MR) is 129 cm³/mol. The smallest absolute Gasteiger partial charge is 0.246 e. The minimum absolute atomic E-state index is 0.112. The van der Waals surface area contributed by atoms with Gasteiger partial charge in [0.15, 0.2) is 5.16 Å². The average molecular weight is 461 g/mol. The fourth-order valence-electron chi connectivity index (χ4n) is 5.46. The fourth-order valence-corrected chi connectivity index (χ4v) is 5.84. The number of benzene rings is 1. The number of carbonyl (C=O) groups excluding carboxylic acids is 1. The largest absolute Gasteiger partial charge is 0.352 e. The van der Waals surface area contributed by atoms with Gasteiger partial charge in [-0.1, -0.05) is 42.6 Å². The summed E-state index contributed by atoms with van der Waals surface area (Å²) >= 11 is 1.56. The Kier molecular flexibility index (Phi) is 6.09. The molecule has 3 heterocycles. The molecule has 1 aliphatic carbocycles. The number of amides is 1. The second-order valence-electron chi connectivity index (χ2n) is 8.82. The molecule has 0 N–H and O–H groups in total. The van der Waals surface area contributed by atoms with Crippen molar-refractivity contribution in [2.24, 2.45) is 0 Å². The van der Waals surface area contributed by atoms with Crippen LogP contribution in [0, 0.1) is 11.3 Å². The first-order valence-electron chi connectivity index (χ1n) is 11.4. The molecule has 3 aliphatic rings. The van der Waals surface area contributed by atoms with Crippen LogP contribution in [0.3, 0.4) is 0 Å². The zero-order valence-corrected chi connectivity index (χ0v) is 19.7. The summed E-state index contributed by atoms with van der Waals surface area (Å²) in [6.45, 7) is 7.12. The molecule has 2 aliphatic heterocycles. The predicted octanol–water partition coefficient (Wildman–Crippen LogP) is 3.32. The fraction of sp³-hybridized carbons (Fsp3) is 0.440. The average Bonchev–Trinajstić information content (AvgIpc) is 3.47. The highest BCUT2D eigenvalue weighted by Crippen LogP contribution is 2.42. The van der Waals surface area contributed by atoms with Crippen molar-refractivity contribution in [2.75, 3.05) is 30.8 Å². The van der Waals surface area contributed by atoms with Crippen molar-refractivity contribution in [3.8, 4) is 6.07 Å². The summed E-state index contributed by atoms with van der Waals surface area (Å²) in [6, 6.07) is 11.3. The summed E-state index contributed by atoms with van der Waals surface area (Å²) in [5.41, 5.74) is 5.19. The topological polar surface area (TPSA) is 76.4 Å². The molecule has 0 spiro atoms. The molecule has 1 aromatic heterocycles. The van der Waals surface area contributed by atoms with Gasteiger partial charge in [-0.25, -0.2) is 9.97 Å². The second kappa shape index (κ2) is 9.16. The number of nitrogens with zero attached hydrogens (tertiary/aromatic N) is 6. The SMILES string of the molecule is C=CC(=O)N1CCN(c2nc(SC)nc3c2CN(C2CCc4ccccc42)C3)C[C@@H]1CC#N. The van der Waals surface area contributed by atoms with Crippen LogP contribution >= 0.6 is 11.8 Å². The Balaban J connectivity index is 1.43. The van der Waals surface area contributed by atoms with Gasteiger partial charge in [-0.3, -0.25) is 9.69 Å². The molecule has 7 nitrogen and oxygen atoms in total. The number of nitriles is 1. The number of hydrogen-bond acceptors (Lipinski definition) is 7. The highest BCUT2D eigenvalue weighted by Gasteiger charge is 2.37. The molecule has 0 radical (unpaired) electrons. The third kappa shape index (κ3) is 4.00. The first-order chi connectivity index (χ1) is 16.1. The van der Waals surface area contributed by atoms with E-state index in [9.17, 15) is 10.1 Å². The van der Waals surface area contributed by atoms with E-state index in [4.69, 9.17) is 9.97 Å². The molecule has 1 aromatic carbocycles. The maximum Gasteiger partial charge on any atom is 0.246 e. The maximum absolute atomic E-state index is 12.3. The summed E-state index contributed by atoms with van der Waals surface area (Å²) in [6.07, 6.45) is 5.90. The Morgan fingerprint density at radius 2 is 2.15 bits per heavy atom. The van der Waals surface area contributed by atoms with Gasteiger partial charge >= 0.3 is 0 Å². The lowest BCUT2D eigenvalue weighted by Crippen LogP contribution is -2.55. The van der Waals surface area contributed by atoms with Crippen molar-refractivity contribution >= 4 is 23.5 Å². The van der Waals surface area contributed by atoms with Crippen molar-refractivity contribution in [1.82, 2.24) is 19.8 Å². The van der Waals surface area contributed by atoms with Crippen LogP contribution < -0.4 is 4.90 Å². The zero-order chi connectivity index (χ0) is 22.9. The molecule has 5 rings (SSSR count). The number of anilines is 1. The molecule has 0 bridgehead atoms. The summed E-state index contributed by atoms with van der Waals surface area (Å²) in [5, 5.41) is 10.1. The van der Waals surface area contributed by atoms with Crippen molar-refractivity contribution in [1.29, 1.82) is 5.26 Å². The molecule has 2 atom stereocenters. The number of aromatic nitrogens is 2. The van der Waals surface area contributed by atoms with Crippen LogP contribution in [0.4, 0.5) is 5.82 Å². The van der Waals surface area contributed by atoms with E-state index in [-0.39, 0.29) is 11.9 Å². The van der Waals surface area contributed by atoms with Gasteiger partial charge in [-0.15, -0.1) is 0 Å². The van der Waals surface area contributed by atoms with Crippen LogP contribution in [0.25, 0.3) is 0 Å². The Hall–Kier alpha value is -2.89. The number of hydrogen-bond donors (Lipinski definition) is 0. The highest BCUT2D eigenvalue weighted by molar-refractivity contribution is 7.98. The number of piperazine rings is 1. The number of aryl methyl sites for hydroxylation is 1. The molecule has 0 saturated carbocycles. The molecule has 2 aromatic rings. The lowest BCUT2D eigenvalue weighted by atomic mass is 10.1. The third-order valence-electron chi connectivity index (χ3n) is 7.06. The molecule has 1 fully saturated rings. The summed E-state index contributed by atoms with van der Waals surface area (Å²) in [4.78, 5) is 28.7. The van der Waals surface area contributed by atoms with Crippen LogP contribution in [0.5, 0.6) is 0 Å². The van der Waals surface area contributed by atoms with Crippen molar-refractivity contribution in [3.05, 3.63) is 59.3 Å². The summed E-state index contributed by atoms with van der Waals surface area (Å²) in [5.74, 6) is 0.852. The molecular weight excluding hydrogens is 432 g/mol. The zero-order valence-electron chi connectivity index (χ0n) is 18.9. The monoisotopic (exact) mass is 460 g/mol. The van der Waals surface area contributed by atoms with Gasteiger partial charge in [0.05, 0.1) is 24.2 Å². The quantitative estimate of drug-likeness (QED) is 0.385. The number of thioether (sulfide) groups is 1. The van der Waals surface area contributed by atoms with E-state index in [2.05, 4.69) is 46.7 Å². The van der Waals surface area contributed by atoms with Crippen molar-refractivity contribution in [2.45, 2.75) is 49.6 Å². The Morgan fingerprint density at radius 1 is 1.30 bits per heavy atom. The first-order valence-corrected chi connectivity index (χ1v) is 12.7. The standard InChI is InChI=1S/C25H28N6OS/c1-3-23(32)31-13-12-29(14-18(31)10-11-26)24-20-15-30(16-21(20)27-25(28-24)33-2)22-9-8-17-6-4-5-7-19(17)22/h3-7,18,22H,1,8-10,12-16H2,2H3/t18-,22?/m0/s1. The highest BCUT2D eigenvalue weighted by atomic mass is 32.2. The lowest BCUT2D eigenvalue weighted by Gasteiger charge is -2.41. The van der Waals surface area contributed by atoms with Crippen LogP contribution in [0.2, 0.25) is 0 Å². The Labute approximate surface area is 199 Å². The third-order valence-corrected chi connectivity index (χ3v) is 7.60. The molecule has 1 amide bonds. The van der Waals surface area contributed by atoms with Crippen LogP contribution in [0.15, 0.2) is 42.1 Å². The first kappa shape index (κ1) is 21.9. The van der Waals surface area contributed by atoms with Gasteiger partial charge in [0.25, 0.3) is 0 Å². The second-order valence-corrected chi connectivity index (χ2v) is 9.59. The number of rotatable bonds is 5. The summed E-state index contributed by atoms with van der Waals surface area (Å²) < 4.78 is 0. The van der Waals surface area contributed by atoms with E-state index >= 15 is 0 Å². The van der Waals surface area contributed by atoms with Crippen molar-refractivity contribution in [3.63, 3.8) is 0 Å². The molecular formula is C25H28N6OS. The van der Waals surface area contributed by atoms with E-state index in [1.807, 2.05) is 6.26 Å². The molecule has 33 heavy (non-hydrogen) atoms. The van der Waals surface area contributed by atoms with Crippen LogP contribution in [-0.2, 0) is 24.3 Å². The van der Waals surface area contributed by atoms with Gasteiger partial charge in [0, 0.05) is 44.3 Å². The molecule has 170 valence electrons. The minimum Gasteiger partial charge on any atom is -0.352 e. The number of carbonyl (C=O) groups is 1. The molecule has 8 heteroatoms. The van der Waals surface area contributed by atoms with Gasteiger partial charge < -0.3 is 9.80 Å². The van der Waals surface area contributed by atoms with Crippen LogP contribution in [-0.4, -0.2) is 57.6 Å². The van der Waals surface area contributed by atoms with Gasteiger partial charge in [0.1, 0.15) is 5.82 Å². The maximum atomic E-state index is 12.3. The van der Waals surface area contributed by atoms with E-state index in [0.717, 1.165) is 42.6 Å². The van der Waals surface area contributed by atoms with Gasteiger partial charge in [0.2, 0.25) is 5.91 Å². The molecule has 1 saturated heterocycles. The normalized spacial score (nSPS) is 22.1.